The number of ether oxygens (including phenoxy) is 1. The van der Waals surface area contributed by atoms with Gasteiger partial charge in [0.25, 0.3) is 0 Å². The Morgan fingerprint density at radius 1 is 1.31 bits per heavy atom. The number of allylic oxidation sites excluding steroid dienone is 1. The highest BCUT2D eigenvalue weighted by atomic mass is 35.5. The normalized spacial score (nSPS) is 16.7. The molecule has 0 radical (unpaired) electrons. The Balaban J connectivity index is 2.04. The van der Waals surface area contributed by atoms with Gasteiger partial charge in [0.2, 0.25) is 5.91 Å². The molecule has 1 heterocycles. The van der Waals surface area contributed by atoms with Crippen LogP contribution in [0, 0.1) is 5.82 Å². The van der Waals surface area contributed by atoms with E-state index in [-0.39, 0.29) is 31.3 Å². The van der Waals surface area contributed by atoms with Crippen molar-refractivity contribution >= 4 is 23.5 Å². The summed E-state index contributed by atoms with van der Waals surface area (Å²) in [6.45, 7) is 5.48. The second-order valence-corrected chi connectivity index (χ2v) is 7.18. The summed E-state index contributed by atoms with van der Waals surface area (Å²) >= 11 is 6.35. The smallest absolute Gasteiger partial charge is 0.336 e. The summed E-state index contributed by atoms with van der Waals surface area (Å²) in [5, 5.41) is 0.478. The molecule has 6 heteroatoms. The number of hydrogen-bond acceptors (Lipinski definition) is 3. The van der Waals surface area contributed by atoms with E-state index in [0.29, 0.717) is 27.4 Å². The minimum atomic E-state index is -0.524. The zero-order valence-corrected chi connectivity index (χ0v) is 16.8. The minimum Gasteiger partial charge on any atom is -0.458 e. The summed E-state index contributed by atoms with van der Waals surface area (Å²) in [5.41, 5.74) is 2.17. The molecule has 2 aromatic rings. The van der Waals surface area contributed by atoms with Crippen LogP contribution >= 0.6 is 11.6 Å². The molecule has 2 aromatic carbocycles. The second kappa shape index (κ2) is 9.05. The van der Waals surface area contributed by atoms with E-state index < -0.39 is 11.9 Å². The van der Waals surface area contributed by atoms with Gasteiger partial charge in [0.15, 0.2) is 0 Å². The minimum absolute atomic E-state index is 0.0582. The molecule has 0 bridgehead atoms. The van der Waals surface area contributed by atoms with Gasteiger partial charge in [-0.3, -0.25) is 4.79 Å². The lowest BCUT2D eigenvalue weighted by molar-refractivity contribution is -0.139. The summed E-state index contributed by atoms with van der Waals surface area (Å²) in [7, 11) is 0. The number of carbonyl (C=O) groups is 2. The van der Waals surface area contributed by atoms with Gasteiger partial charge >= 0.3 is 5.97 Å². The van der Waals surface area contributed by atoms with Gasteiger partial charge in [-0.05, 0) is 36.2 Å². The third-order valence-electron chi connectivity index (χ3n) is 4.89. The van der Waals surface area contributed by atoms with Crippen LogP contribution in [0.3, 0.4) is 0 Å². The van der Waals surface area contributed by atoms with Crippen LogP contribution < -0.4 is 0 Å². The number of amides is 1. The first-order valence-electron chi connectivity index (χ1n) is 9.20. The van der Waals surface area contributed by atoms with Crippen LogP contribution in [0.2, 0.25) is 5.02 Å². The molecule has 4 nitrogen and oxygen atoms in total. The molecule has 0 saturated carbocycles. The summed E-state index contributed by atoms with van der Waals surface area (Å²) in [6.07, 6.45) is 1.55. The molecule has 1 unspecified atom stereocenters. The van der Waals surface area contributed by atoms with Crippen LogP contribution in [0.15, 0.2) is 72.5 Å². The van der Waals surface area contributed by atoms with Gasteiger partial charge in [0, 0.05) is 23.1 Å². The van der Waals surface area contributed by atoms with Gasteiger partial charge in [-0.1, -0.05) is 54.6 Å². The second-order valence-electron chi connectivity index (χ2n) is 6.77. The van der Waals surface area contributed by atoms with E-state index >= 15 is 0 Å². The average Bonchev–Trinajstić information content (AvgIpc) is 2.69. The molecule has 0 saturated heterocycles. The highest BCUT2D eigenvalue weighted by Crippen LogP contribution is 2.40. The number of benzene rings is 2. The lowest BCUT2D eigenvalue weighted by Gasteiger charge is -2.34. The van der Waals surface area contributed by atoms with Crippen LogP contribution in [0.25, 0.3) is 0 Å². The number of halogens is 2. The Morgan fingerprint density at radius 3 is 2.76 bits per heavy atom. The average molecular weight is 414 g/mol. The molecule has 0 aliphatic carbocycles. The van der Waals surface area contributed by atoms with Gasteiger partial charge in [-0.15, -0.1) is 0 Å². The quantitative estimate of drug-likeness (QED) is 0.494. The van der Waals surface area contributed by atoms with Crippen molar-refractivity contribution in [2.75, 3.05) is 6.61 Å². The van der Waals surface area contributed by atoms with E-state index in [2.05, 4.69) is 6.58 Å². The van der Waals surface area contributed by atoms with Crippen LogP contribution in [0.1, 0.15) is 30.4 Å². The van der Waals surface area contributed by atoms with Gasteiger partial charge < -0.3 is 9.64 Å². The molecule has 150 valence electrons. The molecular formula is C23H21ClFNO3. The summed E-state index contributed by atoms with van der Waals surface area (Å²) in [6, 6.07) is 13.2. The lowest BCUT2D eigenvalue weighted by atomic mass is 9.83. The fraction of sp³-hybridized carbons (Fsp3) is 0.217. The van der Waals surface area contributed by atoms with E-state index in [1.54, 1.807) is 37.3 Å². The van der Waals surface area contributed by atoms with Crippen LogP contribution in [0.4, 0.5) is 4.39 Å². The SMILES string of the molecule is C=CCOC(=O)C1=C(C)N(Cc2cccc(F)c2)C(=O)CC1c1ccccc1Cl. The predicted octanol–water partition coefficient (Wildman–Crippen LogP) is 5.00. The Morgan fingerprint density at radius 2 is 2.07 bits per heavy atom. The molecule has 29 heavy (non-hydrogen) atoms. The van der Waals surface area contributed by atoms with Crippen molar-refractivity contribution in [3.63, 3.8) is 0 Å². The van der Waals surface area contributed by atoms with Gasteiger partial charge in [-0.2, -0.15) is 0 Å². The predicted molar refractivity (Wildman–Crippen MR) is 110 cm³/mol. The van der Waals surface area contributed by atoms with Crippen molar-refractivity contribution in [2.24, 2.45) is 0 Å². The van der Waals surface area contributed by atoms with Gasteiger partial charge in [0.1, 0.15) is 12.4 Å². The first-order chi connectivity index (χ1) is 13.9. The van der Waals surface area contributed by atoms with E-state index in [1.807, 2.05) is 6.07 Å². The van der Waals surface area contributed by atoms with Crippen LogP contribution in [0.5, 0.6) is 0 Å². The number of esters is 1. The topological polar surface area (TPSA) is 46.6 Å². The number of nitrogens with zero attached hydrogens (tertiary/aromatic N) is 1. The number of hydrogen-bond donors (Lipinski definition) is 0. The Labute approximate surface area is 174 Å². The van der Waals surface area contributed by atoms with Crippen molar-refractivity contribution < 1.29 is 18.7 Å². The maximum absolute atomic E-state index is 13.6. The zero-order chi connectivity index (χ0) is 21.0. The number of carbonyl (C=O) groups excluding carboxylic acids is 2. The summed E-state index contributed by atoms with van der Waals surface area (Å²) < 4.78 is 18.9. The molecular weight excluding hydrogens is 393 g/mol. The van der Waals surface area contributed by atoms with E-state index in [0.717, 1.165) is 0 Å². The van der Waals surface area contributed by atoms with Crippen molar-refractivity contribution in [2.45, 2.75) is 25.8 Å². The molecule has 0 aromatic heterocycles. The summed E-state index contributed by atoms with van der Waals surface area (Å²) in [5.74, 6) is -1.59. The third kappa shape index (κ3) is 4.57. The monoisotopic (exact) mass is 413 g/mol. The highest BCUT2D eigenvalue weighted by molar-refractivity contribution is 6.31. The van der Waals surface area contributed by atoms with E-state index in [1.165, 1.54) is 23.1 Å². The Kier molecular flexibility index (Phi) is 6.49. The van der Waals surface area contributed by atoms with Gasteiger partial charge in [-0.25, -0.2) is 9.18 Å². The van der Waals surface area contributed by atoms with Crippen molar-refractivity contribution in [1.29, 1.82) is 0 Å². The molecule has 0 fully saturated rings. The first kappa shape index (κ1) is 20.8. The van der Waals surface area contributed by atoms with Crippen molar-refractivity contribution in [3.05, 3.63) is 94.4 Å². The largest absolute Gasteiger partial charge is 0.458 e. The summed E-state index contributed by atoms with van der Waals surface area (Å²) in [4.78, 5) is 27.3. The molecule has 0 N–H and O–H groups in total. The van der Waals surface area contributed by atoms with Gasteiger partial charge in [0.05, 0.1) is 12.1 Å². The van der Waals surface area contributed by atoms with Crippen molar-refractivity contribution in [1.82, 2.24) is 4.90 Å². The first-order valence-corrected chi connectivity index (χ1v) is 9.58. The number of rotatable bonds is 6. The lowest BCUT2D eigenvalue weighted by Crippen LogP contribution is -2.38. The maximum atomic E-state index is 13.6. The molecule has 1 amide bonds. The van der Waals surface area contributed by atoms with E-state index in [9.17, 15) is 14.0 Å². The molecule has 1 atom stereocenters. The highest BCUT2D eigenvalue weighted by Gasteiger charge is 2.37. The van der Waals surface area contributed by atoms with Crippen LogP contribution in [-0.2, 0) is 20.9 Å². The fourth-order valence-corrected chi connectivity index (χ4v) is 3.79. The Hall–Kier alpha value is -2.92. The van der Waals surface area contributed by atoms with Crippen molar-refractivity contribution in [3.8, 4) is 0 Å². The third-order valence-corrected chi connectivity index (χ3v) is 5.23. The molecule has 1 aliphatic rings. The molecule has 0 spiro atoms. The fourth-order valence-electron chi connectivity index (χ4n) is 3.52. The molecule has 1 aliphatic heterocycles. The van der Waals surface area contributed by atoms with E-state index in [4.69, 9.17) is 16.3 Å². The van der Waals surface area contributed by atoms with Crippen LogP contribution in [-0.4, -0.2) is 23.4 Å². The maximum Gasteiger partial charge on any atom is 0.336 e. The zero-order valence-electron chi connectivity index (χ0n) is 16.0. The molecule has 3 rings (SSSR count). The Bertz CT molecular complexity index is 986. The standard InChI is InChI=1S/C23H21ClFNO3/c1-3-11-29-23(28)22-15(2)26(14-16-7-6-8-17(25)12-16)21(27)13-19(22)18-9-4-5-10-20(18)24/h3-10,12,19H,1,11,13-14H2,2H3.